The van der Waals surface area contributed by atoms with E-state index in [0.29, 0.717) is 16.8 Å². The Labute approximate surface area is 91.0 Å². The van der Waals surface area contributed by atoms with Crippen LogP contribution < -0.4 is 0 Å². The van der Waals surface area contributed by atoms with Crippen molar-refractivity contribution in [3.63, 3.8) is 0 Å². The van der Waals surface area contributed by atoms with E-state index in [1.54, 1.807) is 13.0 Å². The van der Waals surface area contributed by atoms with Crippen LogP contribution in [0.3, 0.4) is 0 Å². The molecule has 0 spiro atoms. The van der Waals surface area contributed by atoms with E-state index >= 15 is 0 Å². The van der Waals surface area contributed by atoms with Crippen LogP contribution in [0.2, 0.25) is 5.15 Å². The van der Waals surface area contributed by atoms with Crippen LogP contribution in [0.4, 0.5) is 0 Å². The van der Waals surface area contributed by atoms with Gasteiger partial charge in [0.25, 0.3) is 0 Å². The molecule has 0 aliphatic heterocycles. The van der Waals surface area contributed by atoms with Crippen LogP contribution in [0, 0.1) is 0 Å². The van der Waals surface area contributed by atoms with Gasteiger partial charge in [-0.3, -0.25) is 4.79 Å². The first kappa shape index (κ1) is 11.3. The van der Waals surface area contributed by atoms with Gasteiger partial charge in [0.05, 0.1) is 12.4 Å². The molecule has 6 heteroatoms. The van der Waals surface area contributed by atoms with Crippen LogP contribution >= 0.6 is 23.4 Å². The third-order valence-corrected chi connectivity index (χ3v) is 2.36. The molecule has 76 valence electrons. The molecule has 0 fully saturated rings. The Kier molecular flexibility index (Phi) is 4.69. The molecule has 0 saturated heterocycles. The average molecular weight is 233 g/mol. The molecule has 0 aromatic carbocycles. The summed E-state index contributed by atoms with van der Waals surface area (Å²) >= 11 is 6.91. The van der Waals surface area contributed by atoms with E-state index in [0.717, 1.165) is 0 Å². The highest BCUT2D eigenvalue weighted by Crippen LogP contribution is 2.17. The Balaban J connectivity index is 2.41. The molecule has 14 heavy (non-hydrogen) atoms. The zero-order valence-corrected chi connectivity index (χ0v) is 9.14. The minimum Gasteiger partial charge on any atom is -0.465 e. The fourth-order valence-corrected chi connectivity index (χ4v) is 1.61. The van der Waals surface area contributed by atoms with E-state index < -0.39 is 0 Å². The molecule has 0 atom stereocenters. The number of halogens is 1. The standard InChI is InChI=1S/C8H9ClN2O2S/c1-2-13-8(12)4-14-7-3-6(9)10-5-11-7/h3,5H,2,4H2,1H3. The van der Waals surface area contributed by atoms with Crippen molar-refractivity contribution in [3.8, 4) is 0 Å². The van der Waals surface area contributed by atoms with Crippen molar-refractivity contribution in [2.75, 3.05) is 12.4 Å². The van der Waals surface area contributed by atoms with Gasteiger partial charge in [-0.1, -0.05) is 23.4 Å². The van der Waals surface area contributed by atoms with E-state index in [1.807, 2.05) is 0 Å². The van der Waals surface area contributed by atoms with Crippen molar-refractivity contribution in [2.24, 2.45) is 0 Å². The maximum Gasteiger partial charge on any atom is 0.316 e. The Hall–Kier alpha value is -0.810. The largest absolute Gasteiger partial charge is 0.465 e. The first-order chi connectivity index (χ1) is 6.72. The van der Waals surface area contributed by atoms with Gasteiger partial charge in [-0.05, 0) is 6.92 Å². The van der Waals surface area contributed by atoms with Crippen molar-refractivity contribution in [1.29, 1.82) is 0 Å². The molecule has 1 heterocycles. The van der Waals surface area contributed by atoms with Gasteiger partial charge in [0.2, 0.25) is 0 Å². The predicted molar refractivity (Wildman–Crippen MR) is 54.4 cm³/mol. The number of thioether (sulfide) groups is 1. The van der Waals surface area contributed by atoms with Gasteiger partial charge in [-0.15, -0.1) is 0 Å². The molecule has 0 bridgehead atoms. The van der Waals surface area contributed by atoms with Gasteiger partial charge in [-0.2, -0.15) is 0 Å². The molecule has 0 radical (unpaired) electrons. The van der Waals surface area contributed by atoms with Gasteiger partial charge >= 0.3 is 5.97 Å². The number of hydrogen-bond donors (Lipinski definition) is 0. The third kappa shape index (κ3) is 3.93. The Morgan fingerprint density at radius 2 is 2.43 bits per heavy atom. The number of hydrogen-bond acceptors (Lipinski definition) is 5. The molecule has 0 unspecified atom stereocenters. The molecule has 4 nitrogen and oxygen atoms in total. The highest BCUT2D eigenvalue weighted by atomic mass is 35.5. The highest BCUT2D eigenvalue weighted by molar-refractivity contribution is 7.99. The summed E-state index contributed by atoms with van der Waals surface area (Å²) < 4.78 is 4.76. The van der Waals surface area contributed by atoms with Gasteiger partial charge < -0.3 is 4.74 Å². The van der Waals surface area contributed by atoms with Gasteiger partial charge in [0.15, 0.2) is 0 Å². The second-order valence-electron chi connectivity index (χ2n) is 2.27. The Morgan fingerprint density at radius 1 is 1.64 bits per heavy atom. The summed E-state index contributed by atoms with van der Waals surface area (Å²) in [4.78, 5) is 18.6. The van der Waals surface area contributed by atoms with E-state index in [4.69, 9.17) is 16.3 Å². The lowest BCUT2D eigenvalue weighted by Gasteiger charge is -2.00. The minimum absolute atomic E-state index is 0.237. The van der Waals surface area contributed by atoms with Crippen molar-refractivity contribution in [1.82, 2.24) is 9.97 Å². The maximum absolute atomic E-state index is 11.0. The van der Waals surface area contributed by atoms with Crippen LogP contribution in [0.15, 0.2) is 17.4 Å². The first-order valence-electron chi connectivity index (χ1n) is 3.98. The van der Waals surface area contributed by atoms with Crippen LogP contribution in [-0.2, 0) is 9.53 Å². The number of aromatic nitrogens is 2. The maximum atomic E-state index is 11.0. The number of esters is 1. The normalized spacial score (nSPS) is 9.86. The molecule has 1 aromatic heterocycles. The van der Waals surface area contributed by atoms with E-state index in [2.05, 4.69) is 9.97 Å². The monoisotopic (exact) mass is 232 g/mol. The second-order valence-corrected chi connectivity index (χ2v) is 3.66. The molecule has 0 amide bonds. The van der Waals surface area contributed by atoms with Crippen LogP contribution in [0.5, 0.6) is 0 Å². The summed E-state index contributed by atoms with van der Waals surface area (Å²) in [5.41, 5.74) is 0. The van der Waals surface area contributed by atoms with Crippen LogP contribution in [0.1, 0.15) is 6.92 Å². The number of carbonyl (C=O) groups is 1. The molecule has 0 aliphatic rings. The smallest absolute Gasteiger partial charge is 0.316 e. The van der Waals surface area contributed by atoms with Gasteiger partial charge in [0, 0.05) is 6.07 Å². The number of nitrogens with zero attached hydrogens (tertiary/aromatic N) is 2. The summed E-state index contributed by atoms with van der Waals surface area (Å²) in [7, 11) is 0. The second kappa shape index (κ2) is 5.82. The third-order valence-electron chi connectivity index (χ3n) is 1.25. The predicted octanol–water partition coefficient (Wildman–Crippen LogP) is 1.79. The van der Waals surface area contributed by atoms with Gasteiger partial charge in [-0.25, -0.2) is 9.97 Å². The van der Waals surface area contributed by atoms with Crippen molar-refractivity contribution < 1.29 is 9.53 Å². The van der Waals surface area contributed by atoms with E-state index in [-0.39, 0.29) is 11.7 Å². The zero-order valence-electron chi connectivity index (χ0n) is 7.57. The summed E-state index contributed by atoms with van der Waals surface area (Å²) in [5, 5.41) is 1.03. The zero-order chi connectivity index (χ0) is 10.4. The lowest BCUT2D eigenvalue weighted by Crippen LogP contribution is -2.06. The van der Waals surface area contributed by atoms with Crippen LogP contribution in [0.25, 0.3) is 0 Å². The average Bonchev–Trinajstić information content (AvgIpc) is 2.15. The van der Waals surface area contributed by atoms with Gasteiger partial charge in [0.1, 0.15) is 16.5 Å². The summed E-state index contributed by atoms with van der Waals surface area (Å²) in [5.74, 6) is -0.0199. The first-order valence-corrected chi connectivity index (χ1v) is 5.34. The fourth-order valence-electron chi connectivity index (χ4n) is 0.732. The quantitative estimate of drug-likeness (QED) is 0.450. The fraction of sp³-hybridized carbons (Fsp3) is 0.375. The highest BCUT2D eigenvalue weighted by Gasteiger charge is 2.04. The van der Waals surface area contributed by atoms with E-state index in [9.17, 15) is 4.79 Å². The molecular formula is C8H9ClN2O2S. The number of rotatable bonds is 4. The van der Waals surface area contributed by atoms with Crippen molar-refractivity contribution in [3.05, 3.63) is 17.5 Å². The lowest BCUT2D eigenvalue weighted by molar-refractivity contribution is -0.139. The van der Waals surface area contributed by atoms with E-state index in [1.165, 1.54) is 18.1 Å². The molecule has 1 rings (SSSR count). The summed E-state index contributed by atoms with van der Waals surface area (Å²) in [6, 6.07) is 1.60. The SMILES string of the molecule is CCOC(=O)CSc1cc(Cl)ncn1. The molecule has 0 saturated carbocycles. The number of carbonyl (C=O) groups excluding carboxylic acids is 1. The van der Waals surface area contributed by atoms with Crippen molar-refractivity contribution >= 4 is 29.3 Å². The summed E-state index contributed by atoms with van der Waals surface area (Å²) in [6.07, 6.45) is 1.36. The van der Waals surface area contributed by atoms with Crippen LogP contribution in [-0.4, -0.2) is 28.3 Å². The Bertz CT molecular complexity index is 322. The molecular weight excluding hydrogens is 224 g/mol. The molecule has 0 N–H and O–H groups in total. The lowest BCUT2D eigenvalue weighted by atomic mass is 10.7. The van der Waals surface area contributed by atoms with Crippen molar-refractivity contribution in [2.45, 2.75) is 11.9 Å². The Morgan fingerprint density at radius 3 is 3.07 bits per heavy atom. The molecule has 0 aliphatic carbocycles. The summed E-state index contributed by atoms with van der Waals surface area (Å²) in [6.45, 7) is 2.16. The molecule has 1 aromatic rings. The minimum atomic E-state index is -0.257. The topological polar surface area (TPSA) is 52.1 Å². The number of ether oxygens (including phenoxy) is 1.